The quantitative estimate of drug-likeness (QED) is 0.775. The van der Waals surface area contributed by atoms with Crippen LogP contribution in [0.3, 0.4) is 0 Å². The summed E-state index contributed by atoms with van der Waals surface area (Å²) in [5.41, 5.74) is 1.55. The molecule has 1 aromatic carbocycles. The predicted molar refractivity (Wildman–Crippen MR) is 81.8 cm³/mol. The van der Waals surface area contributed by atoms with Gasteiger partial charge in [-0.25, -0.2) is 9.97 Å². The molecule has 2 heterocycles. The fourth-order valence-electron chi connectivity index (χ4n) is 2.26. The lowest BCUT2D eigenvalue weighted by atomic mass is 10.2. The second-order valence-corrected chi connectivity index (χ2v) is 5.23. The number of anilines is 1. The SMILES string of the molecule is CN(Cc1ccc(OCC(F)(F)F)cc1)c1ncnc2[nH]ncc12. The molecule has 0 saturated carbocycles. The number of hydrogen-bond acceptors (Lipinski definition) is 5. The molecule has 24 heavy (non-hydrogen) atoms. The van der Waals surface area contributed by atoms with E-state index in [4.69, 9.17) is 4.74 Å². The van der Waals surface area contributed by atoms with Gasteiger partial charge in [0, 0.05) is 13.6 Å². The lowest BCUT2D eigenvalue weighted by molar-refractivity contribution is -0.153. The van der Waals surface area contributed by atoms with Crippen LogP contribution >= 0.6 is 0 Å². The Morgan fingerprint density at radius 2 is 1.92 bits per heavy atom. The van der Waals surface area contributed by atoms with Crippen molar-refractivity contribution in [1.29, 1.82) is 0 Å². The number of hydrogen-bond donors (Lipinski definition) is 1. The molecule has 3 aromatic rings. The van der Waals surface area contributed by atoms with Crippen molar-refractivity contribution in [3.63, 3.8) is 0 Å². The second-order valence-electron chi connectivity index (χ2n) is 5.23. The fraction of sp³-hybridized carbons (Fsp3) is 0.267. The van der Waals surface area contributed by atoms with Crippen LogP contribution in [-0.2, 0) is 6.54 Å². The van der Waals surface area contributed by atoms with Crippen molar-refractivity contribution in [2.24, 2.45) is 0 Å². The van der Waals surface area contributed by atoms with Gasteiger partial charge < -0.3 is 9.64 Å². The molecule has 0 radical (unpaired) electrons. The number of fused-ring (bicyclic) bond motifs is 1. The summed E-state index contributed by atoms with van der Waals surface area (Å²) >= 11 is 0. The molecule has 0 aliphatic rings. The van der Waals surface area contributed by atoms with E-state index in [0.29, 0.717) is 18.0 Å². The molecule has 0 amide bonds. The lowest BCUT2D eigenvalue weighted by Gasteiger charge is -2.18. The molecule has 0 unspecified atom stereocenters. The summed E-state index contributed by atoms with van der Waals surface area (Å²) in [6.45, 7) is -0.775. The standard InChI is InChI=1S/C15H14F3N5O/c1-23(14-12-6-21-22-13(12)19-9-20-14)7-10-2-4-11(5-3-10)24-8-15(16,17)18/h2-6,9H,7-8H2,1H3,(H,19,20,21,22). The number of halogens is 3. The first-order valence-corrected chi connectivity index (χ1v) is 7.06. The van der Waals surface area contributed by atoms with Crippen LogP contribution < -0.4 is 9.64 Å². The third kappa shape index (κ3) is 3.73. The Labute approximate surface area is 135 Å². The molecular formula is C15H14F3N5O. The van der Waals surface area contributed by atoms with Gasteiger partial charge in [0.2, 0.25) is 0 Å². The molecule has 0 spiro atoms. The van der Waals surface area contributed by atoms with Crippen LogP contribution in [0.15, 0.2) is 36.8 Å². The Bertz CT molecular complexity index is 816. The number of rotatable bonds is 5. The Morgan fingerprint density at radius 3 is 2.62 bits per heavy atom. The normalized spacial score (nSPS) is 11.7. The van der Waals surface area contributed by atoms with E-state index in [1.165, 1.54) is 18.5 Å². The van der Waals surface area contributed by atoms with Crippen LogP contribution in [-0.4, -0.2) is 40.0 Å². The van der Waals surface area contributed by atoms with E-state index in [1.54, 1.807) is 18.3 Å². The Balaban J connectivity index is 1.68. The number of ether oxygens (including phenoxy) is 1. The van der Waals surface area contributed by atoms with Gasteiger partial charge in [-0.3, -0.25) is 5.10 Å². The highest BCUT2D eigenvalue weighted by Gasteiger charge is 2.28. The molecule has 9 heteroatoms. The highest BCUT2D eigenvalue weighted by atomic mass is 19.4. The fourth-order valence-corrected chi connectivity index (χ4v) is 2.26. The molecule has 0 aliphatic heterocycles. The van der Waals surface area contributed by atoms with Crippen molar-refractivity contribution in [2.75, 3.05) is 18.6 Å². The van der Waals surface area contributed by atoms with Gasteiger partial charge >= 0.3 is 6.18 Å². The van der Waals surface area contributed by atoms with Gasteiger partial charge in [-0.2, -0.15) is 18.3 Å². The van der Waals surface area contributed by atoms with E-state index in [2.05, 4.69) is 20.2 Å². The molecule has 0 saturated heterocycles. The number of nitrogens with zero attached hydrogens (tertiary/aromatic N) is 4. The van der Waals surface area contributed by atoms with Gasteiger partial charge in [-0.1, -0.05) is 12.1 Å². The third-order valence-corrected chi connectivity index (χ3v) is 3.33. The monoisotopic (exact) mass is 337 g/mol. The minimum Gasteiger partial charge on any atom is -0.484 e. The maximum absolute atomic E-state index is 12.1. The smallest absolute Gasteiger partial charge is 0.422 e. The van der Waals surface area contributed by atoms with E-state index in [9.17, 15) is 13.2 Å². The van der Waals surface area contributed by atoms with Gasteiger partial charge in [-0.05, 0) is 17.7 Å². The topological polar surface area (TPSA) is 66.9 Å². The summed E-state index contributed by atoms with van der Waals surface area (Å²) in [5.74, 6) is 0.893. The molecule has 3 rings (SSSR count). The predicted octanol–water partition coefficient (Wildman–Crippen LogP) is 2.93. The Hall–Kier alpha value is -2.84. The molecular weight excluding hydrogens is 323 g/mol. The Morgan fingerprint density at radius 1 is 1.17 bits per heavy atom. The van der Waals surface area contributed by atoms with Gasteiger partial charge in [-0.15, -0.1) is 0 Å². The van der Waals surface area contributed by atoms with Crippen LogP contribution in [0.25, 0.3) is 11.0 Å². The van der Waals surface area contributed by atoms with Gasteiger partial charge in [0.1, 0.15) is 17.9 Å². The third-order valence-electron chi connectivity index (χ3n) is 3.33. The second kappa shape index (κ2) is 6.34. The van der Waals surface area contributed by atoms with E-state index in [0.717, 1.165) is 10.9 Å². The van der Waals surface area contributed by atoms with E-state index >= 15 is 0 Å². The van der Waals surface area contributed by atoms with Crippen LogP contribution in [0, 0.1) is 0 Å². The highest BCUT2D eigenvalue weighted by Crippen LogP contribution is 2.23. The van der Waals surface area contributed by atoms with Crippen molar-refractivity contribution < 1.29 is 17.9 Å². The van der Waals surface area contributed by atoms with Crippen LogP contribution in [0.4, 0.5) is 19.0 Å². The van der Waals surface area contributed by atoms with Crippen molar-refractivity contribution in [2.45, 2.75) is 12.7 Å². The van der Waals surface area contributed by atoms with E-state index < -0.39 is 12.8 Å². The zero-order valence-corrected chi connectivity index (χ0v) is 12.7. The minimum atomic E-state index is -4.35. The van der Waals surface area contributed by atoms with Gasteiger partial charge in [0.15, 0.2) is 12.3 Å². The molecule has 126 valence electrons. The van der Waals surface area contributed by atoms with Crippen molar-refractivity contribution >= 4 is 16.9 Å². The van der Waals surface area contributed by atoms with E-state index in [-0.39, 0.29) is 5.75 Å². The largest absolute Gasteiger partial charge is 0.484 e. The summed E-state index contributed by atoms with van der Waals surface area (Å²) in [7, 11) is 1.86. The molecule has 0 bridgehead atoms. The summed E-state index contributed by atoms with van der Waals surface area (Å²) in [5, 5.41) is 7.51. The number of H-pyrrole nitrogens is 1. The average molecular weight is 337 g/mol. The number of benzene rings is 1. The Kier molecular flexibility index (Phi) is 4.24. The number of aromatic amines is 1. The van der Waals surface area contributed by atoms with Crippen LogP contribution in [0.2, 0.25) is 0 Å². The van der Waals surface area contributed by atoms with Crippen LogP contribution in [0.1, 0.15) is 5.56 Å². The summed E-state index contributed by atoms with van der Waals surface area (Å²) in [4.78, 5) is 10.2. The van der Waals surface area contributed by atoms with E-state index in [1.807, 2.05) is 11.9 Å². The molecule has 2 aromatic heterocycles. The molecule has 0 aliphatic carbocycles. The molecule has 0 fully saturated rings. The first-order chi connectivity index (χ1) is 11.4. The summed E-state index contributed by atoms with van der Waals surface area (Å²) in [6.07, 6.45) is -1.25. The summed E-state index contributed by atoms with van der Waals surface area (Å²) < 4.78 is 41.1. The first kappa shape index (κ1) is 16.0. The van der Waals surface area contributed by atoms with Crippen molar-refractivity contribution in [3.05, 3.63) is 42.4 Å². The molecule has 1 N–H and O–H groups in total. The van der Waals surface area contributed by atoms with Crippen molar-refractivity contribution in [3.8, 4) is 5.75 Å². The number of alkyl halides is 3. The maximum Gasteiger partial charge on any atom is 0.422 e. The number of aromatic nitrogens is 4. The van der Waals surface area contributed by atoms with Crippen molar-refractivity contribution in [1.82, 2.24) is 20.2 Å². The van der Waals surface area contributed by atoms with Crippen LogP contribution in [0.5, 0.6) is 5.75 Å². The summed E-state index contributed by atoms with van der Waals surface area (Å²) in [6, 6.07) is 6.47. The zero-order valence-electron chi connectivity index (χ0n) is 12.7. The van der Waals surface area contributed by atoms with Gasteiger partial charge in [0.25, 0.3) is 0 Å². The maximum atomic E-state index is 12.1. The van der Waals surface area contributed by atoms with Gasteiger partial charge in [0.05, 0.1) is 11.6 Å². The molecule has 6 nitrogen and oxygen atoms in total. The average Bonchev–Trinajstić information content (AvgIpc) is 3.02. The zero-order chi connectivity index (χ0) is 17.2. The highest BCUT2D eigenvalue weighted by molar-refractivity contribution is 5.85. The first-order valence-electron chi connectivity index (χ1n) is 7.06. The number of nitrogens with one attached hydrogen (secondary N) is 1. The minimum absolute atomic E-state index is 0.179. The molecule has 0 atom stereocenters. The lowest BCUT2D eigenvalue weighted by Crippen LogP contribution is -2.19.